The summed E-state index contributed by atoms with van der Waals surface area (Å²) >= 11 is 0. The molecule has 0 aromatic heterocycles. The molecule has 1 aromatic rings. The van der Waals surface area contributed by atoms with Crippen LogP contribution >= 0.6 is 7.82 Å². The zero-order chi connectivity index (χ0) is 14.1. The number of hydrogen-bond acceptors (Lipinski definition) is 5. The number of esters is 1. The van der Waals surface area contributed by atoms with Crippen molar-refractivity contribution >= 4 is 13.8 Å². The number of allylic oxidation sites excluding steroid dienone is 1. The van der Waals surface area contributed by atoms with E-state index < -0.39 is 13.8 Å². The molecule has 1 rings (SSSR count). The van der Waals surface area contributed by atoms with Crippen molar-refractivity contribution in [1.29, 1.82) is 0 Å². The Morgan fingerprint density at radius 1 is 1.32 bits per heavy atom. The lowest BCUT2D eigenvalue weighted by Gasteiger charge is -2.12. The number of phosphoric acid groups is 1. The van der Waals surface area contributed by atoms with E-state index in [0.29, 0.717) is 0 Å². The van der Waals surface area contributed by atoms with E-state index in [-0.39, 0.29) is 19.0 Å². The molecule has 0 heterocycles. The minimum Gasteiger partial charge on any atom is -0.460 e. The largest absolute Gasteiger partial charge is 0.527 e. The third kappa shape index (κ3) is 6.76. The van der Waals surface area contributed by atoms with E-state index in [1.807, 2.05) is 0 Å². The molecular formula is C12H15O6P. The third-order valence-corrected chi connectivity index (χ3v) is 2.80. The van der Waals surface area contributed by atoms with Gasteiger partial charge in [-0.05, 0) is 19.1 Å². The van der Waals surface area contributed by atoms with Crippen LogP contribution in [0.15, 0.2) is 42.5 Å². The molecule has 104 valence electrons. The second kappa shape index (κ2) is 7.74. The van der Waals surface area contributed by atoms with Crippen LogP contribution in [-0.4, -0.2) is 24.1 Å². The van der Waals surface area contributed by atoms with Gasteiger partial charge in [0.05, 0.1) is 6.61 Å². The number of carbonyl (C=O) groups excluding carboxylic acids is 1. The molecule has 0 radical (unpaired) electrons. The summed E-state index contributed by atoms with van der Waals surface area (Å²) in [5.41, 5.74) is 0. The fourth-order valence-electron chi connectivity index (χ4n) is 1.12. The summed E-state index contributed by atoms with van der Waals surface area (Å²) in [5, 5.41) is 0. The Bertz CT molecular complexity index is 470. The fourth-order valence-corrected chi connectivity index (χ4v) is 1.87. The highest BCUT2D eigenvalue weighted by atomic mass is 31.2. The molecule has 7 heteroatoms. The Morgan fingerprint density at radius 3 is 2.63 bits per heavy atom. The van der Waals surface area contributed by atoms with Crippen LogP contribution < -0.4 is 4.52 Å². The number of para-hydroxylation sites is 1. The van der Waals surface area contributed by atoms with Gasteiger partial charge in [0, 0.05) is 6.08 Å². The van der Waals surface area contributed by atoms with Crippen LogP contribution in [0, 0.1) is 0 Å². The number of phosphoric ester groups is 1. The van der Waals surface area contributed by atoms with Crippen LogP contribution in [-0.2, 0) is 18.6 Å². The van der Waals surface area contributed by atoms with Crippen LogP contribution in [0.2, 0.25) is 0 Å². The van der Waals surface area contributed by atoms with E-state index in [4.69, 9.17) is 4.52 Å². The lowest BCUT2D eigenvalue weighted by Crippen LogP contribution is -2.09. The first kappa shape index (κ1) is 15.4. The summed E-state index contributed by atoms with van der Waals surface area (Å²) in [4.78, 5) is 20.3. The van der Waals surface area contributed by atoms with E-state index in [0.717, 1.165) is 0 Å². The molecule has 0 bridgehead atoms. The van der Waals surface area contributed by atoms with Gasteiger partial charge in [-0.15, -0.1) is 0 Å². The van der Waals surface area contributed by atoms with Gasteiger partial charge in [0.1, 0.15) is 12.4 Å². The summed E-state index contributed by atoms with van der Waals surface area (Å²) < 4.78 is 25.6. The summed E-state index contributed by atoms with van der Waals surface area (Å²) in [6.07, 6.45) is 2.76. The molecule has 0 amide bonds. The Labute approximate surface area is 111 Å². The molecular weight excluding hydrogens is 271 g/mol. The predicted octanol–water partition coefficient (Wildman–Crippen LogP) is 2.30. The van der Waals surface area contributed by atoms with Crippen LogP contribution in [0.3, 0.4) is 0 Å². The van der Waals surface area contributed by atoms with Crippen LogP contribution in [0.1, 0.15) is 6.92 Å². The summed E-state index contributed by atoms with van der Waals surface area (Å²) in [6, 6.07) is 8.12. The monoisotopic (exact) mass is 286 g/mol. The van der Waals surface area contributed by atoms with Crippen molar-refractivity contribution in [1.82, 2.24) is 0 Å². The van der Waals surface area contributed by atoms with Crippen LogP contribution in [0.5, 0.6) is 5.75 Å². The van der Waals surface area contributed by atoms with Gasteiger partial charge in [-0.25, -0.2) is 9.36 Å². The van der Waals surface area contributed by atoms with Crippen molar-refractivity contribution < 1.29 is 28.0 Å². The topological polar surface area (TPSA) is 82.1 Å². The summed E-state index contributed by atoms with van der Waals surface area (Å²) in [6.45, 7) is 1.31. The second-order valence-electron chi connectivity index (χ2n) is 3.37. The predicted molar refractivity (Wildman–Crippen MR) is 68.6 cm³/mol. The normalized spacial score (nSPS) is 14.0. The van der Waals surface area contributed by atoms with Gasteiger partial charge in [0.15, 0.2) is 0 Å². The molecule has 6 nitrogen and oxygen atoms in total. The quantitative estimate of drug-likeness (QED) is 0.358. The number of hydrogen-bond donors (Lipinski definition) is 1. The molecule has 0 aliphatic carbocycles. The van der Waals surface area contributed by atoms with Gasteiger partial charge in [-0.3, -0.25) is 9.42 Å². The van der Waals surface area contributed by atoms with E-state index in [1.165, 1.54) is 24.3 Å². The van der Waals surface area contributed by atoms with Crippen LogP contribution in [0.4, 0.5) is 0 Å². The molecule has 1 N–H and O–H groups in total. The van der Waals surface area contributed by atoms with Gasteiger partial charge in [0.2, 0.25) is 0 Å². The van der Waals surface area contributed by atoms with Crippen LogP contribution in [0.25, 0.3) is 0 Å². The SMILES string of the molecule is CC=CC(=O)OCCOP(=O)(O)Oc1ccccc1. The lowest BCUT2D eigenvalue weighted by atomic mass is 10.3. The maximum Gasteiger partial charge on any atom is 0.527 e. The number of benzene rings is 1. The van der Waals surface area contributed by atoms with E-state index in [1.54, 1.807) is 25.1 Å². The second-order valence-corrected chi connectivity index (χ2v) is 4.75. The fraction of sp³-hybridized carbons (Fsp3) is 0.250. The van der Waals surface area contributed by atoms with Gasteiger partial charge in [0.25, 0.3) is 0 Å². The molecule has 0 spiro atoms. The Balaban J connectivity index is 2.31. The van der Waals surface area contributed by atoms with Gasteiger partial charge in [-0.2, -0.15) is 0 Å². The van der Waals surface area contributed by atoms with Gasteiger partial charge >= 0.3 is 13.8 Å². The van der Waals surface area contributed by atoms with E-state index >= 15 is 0 Å². The van der Waals surface area contributed by atoms with Crippen molar-refractivity contribution in [3.8, 4) is 5.75 Å². The number of rotatable bonds is 7. The molecule has 0 fully saturated rings. The molecule has 0 aliphatic heterocycles. The molecule has 0 aliphatic rings. The Kier molecular flexibility index (Phi) is 6.29. The molecule has 1 aromatic carbocycles. The Morgan fingerprint density at radius 2 is 2.00 bits per heavy atom. The highest BCUT2D eigenvalue weighted by molar-refractivity contribution is 7.47. The number of carbonyl (C=O) groups is 1. The first-order chi connectivity index (χ1) is 9.03. The summed E-state index contributed by atoms with van der Waals surface area (Å²) in [5.74, 6) is -0.318. The zero-order valence-corrected chi connectivity index (χ0v) is 11.3. The molecule has 1 unspecified atom stereocenters. The average Bonchev–Trinajstić information content (AvgIpc) is 2.36. The van der Waals surface area contributed by atoms with E-state index in [2.05, 4.69) is 9.26 Å². The molecule has 1 atom stereocenters. The minimum absolute atomic E-state index is 0.133. The highest BCUT2D eigenvalue weighted by Crippen LogP contribution is 2.43. The maximum absolute atomic E-state index is 11.5. The molecule has 0 saturated carbocycles. The first-order valence-corrected chi connectivity index (χ1v) is 7.04. The van der Waals surface area contributed by atoms with Gasteiger partial charge < -0.3 is 9.26 Å². The van der Waals surface area contributed by atoms with Gasteiger partial charge in [-0.1, -0.05) is 24.3 Å². The van der Waals surface area contributed by atoms with E-state index in [9.17, 15) is 14.3 Å². The molecule has 0 saturated heterocycles. The zero-order valence-electron chi connectivity index (χ0n) is 10.4. The highest BCUT2D eigenvalue weighted by Gasteiger charge is 2.22. The van der Waals surface area contributed by atoms with Crippen molar-refractivity contribution in [2.24, 2.45) is 0 Å². The summed E-state index contributed by atoms with van der Waals surface area (Å²) in [7, 11) is -4.20. The number of ether oxygens (including phenoxy) is 1. The lowest BCUT2D eigenvalue weighted by molar-refractivity contribution is -0.138. The Hall–Kier alpha value is -1.62. The van der Waals surface area contributed by atoms with Crippen molar-refractivity contribution in [3.05, 3.63) is 42.5 Å². The maximum atomic E-state index is 11.5. The average molecular weight is 286 g/mol. The smallest absolute Gasteiger partial charge is 0.460 e. The third-order valence-electron chi connectivity index (χ3n) is 1.85. The minimum atomic E-state index is -4.20. The molecule has 19 heavy (non-hydrogen) atoms. The van der Waals surface area contributed by atoms with Crippen molar-refractivity contribution in [3.63, 3.8) is 0 Å². The first-order valence-electron chi connectivity index (χ1n) is 5.55. The standard InChI is InChI=1S/C12H15O6P/c1-2-6-12(13)16-9-10-17-19(14,15)18-11-7-4-3-5-8-11/h2-8H,9-10H2,1H3,(H,14,15). The van der Waals surface area contributed by atoms with Crippen molar-refractivity contribution in [2.45, 2.75) is 6.92 Å². The van der Waals surface area contributed by atoms with Crippen molar-refractivity contribution in [2.75, 3.05) is 13.2 Å².